The van der Waals surface area contributed by atoms with Gasteiger partial charge < -0.3 is 5.11 Å². The molecule has 0 spiro atoms. The molecule has 2 nitrogen and oxygen atoms in total. The van der Waals surface area contributed by atoms with Gasteiger partial charge in [0.25, 0.3) is 0 Å². The van der Waals surface area contributed by atoms with E-state index < -0.39 is 0 Å². The van der Waals surface area contributed by atoms with Gasteiger partial charge in [0.1, 0.15) is 5.82 Å². The van der Waals surface area contributed by atoms with Crippen molar-refractivity contribution in [3.8, 4) is 0 Å². The van der Waals surface area contributed by atoms with E-state index in [0.29, 0.717) is 23.3 Å². The van der Waals surface area contributed by atoms with E-state index >= 15 is 0 Å². The van der Waals surface area contributed by atoms with Crippen LogP contribution in [0.25, 0.3) is 6.08 Å². The van der Waals surface area contributed by atoms with Crippen LogP contribution in [-0.2, 0) is 4.79 Å². The summed E-state index contributed by atoms with van der Waals surface area (Å²) in [7, 11) is 0. The zero-order chi connectivity index (χ0) is 20.4. The van der Waals surface area contributed by atoms with Gasteiger partial charge >= 0.3 is 0 Å². The van der Waals surface area contributed by atoms with Crippen molar-refractivity contribution in [2.75, 3.05) is 0 Å². The highest BCUT2D eigenvalue weighted by Gasteiger charge is 2.59. The predicted octanol–water partition coefficient (Wildman–Crippen LogP) is 5.71. The first-order valence-electron chi connectivity index (χ1n) is 11.2. The van der Waals surface area contributed by atoms with Crippen molar-refractivity contribution in [3.63, 3.8) is 0 Å². The summed E-state index contributed by atoms with van der Waals surface area (Å²) < 4.78 is 14.2. The smallest absolute Gasteiger partial charge is 0.165 e. The first kappa shape index (κ1) is 19.2. The maximum atomic E-state index is 14.2. The second-order valence-electron chi connectivity index (χ2n) is 10.3. The summed E-state index contributed by atoms with van der Waals surface area (Å²) in [4.78, 5) is 13.4. The van der Waals surface area contributed by atoms with Gasteiger partial charge in [0.15, 0.2) is 5.78 Å². The van der Waals surface area contributed by atoms with Gasteiger partial charge in [-0.2, -0.15) is 0 Å². The fraction of sp³-hybridized carbons (Fsp3) is 0.577. The molecule has 5 rings (SSSR count). The molecule has 6 atom stereocenters. The molecule has 0 bridgehead atoms. The Morgan fingerprint density at radius 2 is 1.83 bits per heavy atom. The molecular weight excluding hydrogens is 363 g/mol. The monoisotopic (exact) mass is 394 g/mol. The normalized spacial score (nSPS) is 42.8. The zero-order valence-corrected chi connectivity index (χ0v) is 17.5. The second kappa shape index (κ2) is 6.63. The molecule has 29 heavy (non-hydrogen) atoms. The van der Waals surface area contributed by atoms with Crippen molar-refractivity contribution in [2.45, 2.75) is 64.9 Å². The molecule has 1 N–H and O–H groups in total. The van der Waals surface area contributed by atoms with E-state index in [2.05, 4.69) is 19.9 Å². The third kappa shape index (κ3) is 2.80. The van der Waals surface area contributed by atoms with E-state index in [4.69, 9.17) is 0 Å². The standard InChI is InChI=1S/C26H31FO2/c1-25-11-9-19(28)15-18(25)7-8-20-21(25)10-12-26(2)22(20)14-17(24(26)29)13-16-5-3-4-6-23(16)27/h3-7,13,19-22,28H,8-12,14-15H2,1-2H3/b17-13+/t19-,20+,21-,22-,25+,26+/m1/s1. The minimum atomic E-state index is -0.311. The topological polar surface area (TPSA) is 37.3 Å². The Labute approximate surface area is 172 Å². The number of hydrogen-bond acceptors (Lipinski definition) is 2. The van der Waals surface area contributed by atoms with Crippen molar-refractivity contribution in [1.29, 1.82) is 0 Å². The van der Waals surface area contributed by atoms with Crippen molar-refractivity contribution in [3.05, 3.63) is 52.9 Å². The molecule has 3 saturated carbocycles. The minimum absolute atomic E-state index is 0.171. The molecule has 4 aliphatic rings. The molecule has 3 heteroatoms. The summed E-state index contributed by atoms with van der Waals surface area (Å²) in [5.41, 5.74) is 2.64. The molecule has 0 saturated heterocycles. The lowest BCUT2D eigenvalue weighted by Gasteiger charge is -2.56. The molecule has 1 aromatic carbocycles. The average Bonchev–Trinajstić information content (AvgIpc) is 2.95. The largest absolute Gasteiger partial charge is 0.393 e. The van der Waals surface area contributed by atoms with Crippen LogP contribution in [0.5, 0.6) is 0 Å². The van der Waals surface area contributed by atoms with E-state index in [-0.39, 0.29) is 28.5 Å². The summed E-state index contributed by atoms with van der Waals surface area (Å²) in [6, 6.07) is 6.73. The molecule has 0 heterocycles. The maximum Gasteiger partial charge on any atom is 0.165 e. The summed E-state index contributed by atoms with van der Waals surface area (Å²) >= 11 is 0. The van der Waals surface area contributed by atoms with Gasteiger partial charge in [-0.3, -0.25) is 4.79 Å². The van der Waals surface area contributed by atoms with Crippen LogP contribution in [0.1, 0.15) is 64.4 Å². The lowest BCUT2D eigenvalue weighted by molar-refractivity contribution is -0.130. The van der Waals surface area contributed by atoms with Crippen molar-refractivity contribution in [1.82, 2.24) is 0 Å². The third-order valence-electron chi connectivity index (χ3n) is 8.95. The highest BCUT2D eigenvalue weighted by Crippen LogP contribution is 2.64. The molecule has 4 aliphatic carbocycles. The maximum absolute atomic E-state index is 14.2. The molecule has 1 aromatic rings. The summed E-state index contributed by atoms with van der Waals surface area (Å²) in [6.45, 7) is 4.56. The van der Waals surface area contributed by atoms with Crippen LogP contribution < -0.4 is 0 Å². The Morgan fingerprint density at radius 3 is 2.62 bits per heavy atom. The Morgan fingerprint density at radius 1 is 1.07 bits per heavy atom. The van der Waals surface area contributed by atoms with Crippen molar-refractivity contribution < 1.29 is 14.3 Å². The number of fused-ring (bicyclic) bond motifs is 5. The zero-order valence-electron chi connectivity index (χ0n) is 17.5. The fourth-order valence-corrected chi connectivity index (χ4v) is 7.22. The molecule has 0 radical (unpaired) electrons. The number of halogens is 1. The van der Waals surface area contributed by atoms with Crippen LogP contribution in [0.2, 0.25) is 0 Å². The number of benzene rings is 1. The summed E-state index contributed by atoms with van der Waals surface area (Å²) in [5.74, 6) is 1.42. The number of ketones is 1. The van der Waals surface area contributed by atoms with Crippen LogP contribution >= 0.6 is 0 Å². The number of carbonyl (C=O) groups is 1. The van der Waals surface area contributed by atoms with Gasteiger partial charge in [0, 0.05) is 11.0 Å². The number of allylic oxidation sites excluding steroid dienone is 2. The van der Waals surface area contributed by atoms with Crippen LogP contribution in [0.3, 0.4) is 0 Å². The number of aliphatic hydroxyl groups is 1. The number of Topliss-reactive ketones (excluding diaryl/α,β-unsaturated/α-hetero) is 1. The minimum Gasteiger partial charge on any atom is -0.393 e. The highest BCUT2D eigenvalue weighted by molar-refractivity contribution is 6.06. The average molecular weight is 395 g/mol. The molecular formula is C26H31FO2. The number of hydrogen-bond donors (Lipinski definition) is 1. The number of carbonyl (C=O) groups excluding carboxylic acids is 1. The highest BCUT2D eigenvalue weighted by atomic mass is 19.1. The molecule has 154 valence electrons. The van der Waals surface area contributed by atoms with Crippen LogP contribution in [0.15, 0.2) is 41.5 Å². The van der Waals surface area contributed by atoms with Gasteiger partial charge in [-0.15, -0.1) is 0 Å². The van der Waals surface area contributed by atoms with Gasteiger partial charge in [-0.1, -0.05) is 43.7 Å². The Kier molecular flexibility index (Phi) is 4.40. The van der Waals surface area contributed by atoms with E-state index in [0.717, 1.165) is 50.5 Å². The molecule has 0 amide bonds. The van der Waals surface area contributed by atoms with E-state index in [1.165, 1.54) is 11.6 Å². The Hall–Kier alpha value is -1.74. The van der Waals surface area contributed by atoms with Crippen LogP contribution in [-0.4, -0.2) is 17.0 Å². The van der Waals surface area contributed by atoms with E-state index in [1.54, 1.807) is 18.2 Å². The fourth-order valence-electron chi connectivity index (χ4n) is 7.22. The van der Waals surface area contributed by atoms with Crippen LogP contribution in [0.4, 0.5) is 4.39 Å². The molecule has 0 aliphatic heterocycles. The summed E-state index contributed by atoms with van der Waals surface area (Å²) in [5, 5.41) is 10.2. The molecule has 0 unspecified atom stereocenters. The summed E-state index contributed by atoms with van der Waals surface area (Å²) in [6.07, 6.45) is 10.6. The number of aliphatic hydroxyl groups excluding tert-OH is 1. The lowest BCUT2D eigenvalue weighted by Crippen LogP contribution is -2.50. The van der Waals surface area contributed by atoms with Crippen molar-refractivity contribution >= 4 is 11.9 Å². The van der Waals surface area contributed by atoms with E-state index in [9.17, 15) is 14.3 Å². The van der Waals surface area contributed by atoms with Gasteiger partial charge in [-0.25, -0.2) is 4.39 Å². The first-order chi connectivity index (χ1) is 13.8. The SMILES string of the molecule is C[C@]12CC[C@@H](O)CC1=CC[C@H]1[C@H]2CC[C@]2(C)C(=O)/C(=C/c3ccccc3F)C[C@H]12. The Balaban J connectivity index is 1.49. The Bertz CT molecular complexity index is 915. The van der Waals surface area contributed by atoms with Crippen LogP contribution in [0, 0.1) is 34.4 Å². The molecule has 0 aromatic heterocycles. The number of rotatable bonds is 1. The lowest BCUT2D eigenvalue weighted by atomic mass is 9.48. The van der Waals surface area contributed by atoms with Gasteiger partial charge in [0.05, 0.1) is 6.10 Å². The third-order valence-corrected chi connectivity index (χ3v) is 8.95. The molecule has 3 fully saturated rings. The van der Waals surface area contributed by atoms with E-state index in [1.807, 2.05) is 6.07 Å². The quantitative estimate of drug-likeness (QED) is 0.489. The van der Waals surface area contributed by atoms with Gasteiger partial charge in [-0.05, 0) is 85.8 Å². The van der Waals surface area contributed by atoms with Crippen molar-refractivity contribution in [2.24, 2.45) is 28.6 Å². The first-order valence-corrected chi connectivity index (χ1v) is 11.2. The van der Waals surface area contributed by atoms with Gasteiger partial charge in [0.2, 0.25) is 0 Å². The predicted molar refractivity (Wildman–Crippen MR) is 112 cm³/mol. The second-order valence-corrected chi connectivity index (χ2v) is 10.3.